The van der Waals surface area contributed by atoms with Crippen LogP contribution in [0.4, 0.5) is 0 Å². The lowest BCUT2D eigenvalue weighted by molar-refractivity contribution is -0.163. The summed E-state index contributed by atoms with van der Waals surface area (Å²) in [6.07, 6.45) is 5.70. The fourth-order valence-electron chi connectivity index (χ4n) is 3.56. The molecule has 2 amide bonds. The van der Waals surface area contributed by atoms with Gasteiger partial charge in [-0.25, -0.2) is 10.0 Å². The van der Waals surface area contributed by atoms with E-state index < -0.39 is 6.04 Å². The Morgan fingerprint density at radius 2 is 2.16 bits per heavy atom. The Balaban J connectivity index is 1.54. The van der Waals surface area contributed by atoms with Crippen molar-refractivity contribution < 1.29 is 14.8 Å². The van der Waals surface area contributed by atoms with Gasteiger partial charge in [0.15, 0.2) is 0 Å². The van der Waals surface area contributed by atoms with Gasteiger partial charge in [0.2, 0.25) is 12.3 Å². The van der Waals surface area contributed by atoms with E-state index in [1.165, 1.54) is 12.8 Å². The summed E-state index contributed by atoms with van der Waals surface area (Å²) >= 11 is 0. The SMILES string of the molecule is O=CN(O)C(CC(=O)NCc1nc2ccccc2[nH]1)CC1CCCC1. The van der Waals surface area contributed by atoms with Crippen molar-refractivity contribution in [2.24, 2.45) is 5.92 Å². The van der Waals surface area contributed by atoms with Crippen molar-refractivity contribution in [2.75, 3.05) is 0 Å². The number of H-pyrrole nitrogens is 1. The fourth-order valence-corrected chi connectivity index (χ4v) is 3.56. The van der Waals surface area contributed by atoms with E-state index in [2.05, 4.69) is 15.3 Å². The highest BCUT2D eigenvalue weighted by atomic mass is 16.5. The molecule has 0 spiro atoms. The minimum atomic E-state index is -0.476. The molecule has 7 nitrogen and oxygen atoms in total. The average Bonchev–Trinajstić information content (AvgIpc) is 3.27. The van der Waals surface area contributed by atoms with Crippen molar-refractivity contribution in [1.29, 1.82) is 0 Å². The van der Waals surface area contributed by atoms with Gasteiger partial charge in [0.05, 0.1) is 23.6 Å². The number of carbonyl (C=O) groups is 2. The smallest absolute Gasteiger partial charge is 0.233 e. The molecule has 1 aromatic heterocycles. The Kier molecular flexibility index (Phi) is 5.65. The summed E-state index contributed by atoms with van der Waals surface area (Å²) in [5.41, 5.74) is 1.78. The summed E-state index contributed by atoms with van der Waals surface area (Å²) in [6.45, 7) is 0.288. The first-order chi connectivity index (χ1) is 12.2. The highest BCUT2D eigenvalue weighted by Crippen LogP contribution is 2.30. The number of hydrogen-bond acceptors (Lipinski definition) is 4. The van der Waals surface area contributed by atoms with Crippen molar-refractivity contribution in [1.82, 2.24) is 20.3 Å². The van der Waals surface area contributed by atoms with E-state index in [1.54, 1.807) is 0 Å². The summed E-state index contributed by atoms with van der Waals surface area (Å²) in [6, 6.07) is 7.19. The molecule has 1 aliphatic rings. The second kappa shape index (κ2) is 8.11. The van der Waals surface area contributed by atoms with Gasteiger partial charge in [-0.1, -0.05) is 37.8 Å². The third kappa shape index (κ3) is 4.57. The number of rotatable bonds is 8. The molecule has 0 bridgehead atoms. The minimum absolute atomic E-state index is 0.0893. The van der Waals surface area contributed by atoms with Crippen molar-refractivity contribution in [3.63, 3.8) is 0 Å². The van der Waals surface area contributed by atoms with E-state index in [-0.39, 0.29) is 18.9 Å². The number of hydrogen-bond donors (Lipinski definition) is 3. The number of imidazole rings is 1. The van der Waals surface area contributed by atoms with Gasteiger partial charge in [-0.05, 0) is 24.5 Å². The van der Waals surface area contributed by atoms with Crippen LogP contribution in [0.5, 0.6) is 0 Å². The number of carbonyl (C=O) groups excluding carboxylic acids is 2. The lowest BCUT2D eigenvalue weighted by Crippen LogP contribution is -2.38. The lowest BCUT2D eigenvalue weighted by atomic mass is 9.96. The Morgan fingerprint density at radius 3 is 2.88 bits per heavy atom. The van der Waals surface area contributed by atoms with E-state index in [0.717, 1.165) is 23.9 Å². The summed E-state index contributed by atoms with van der Waals surface area (Å²) in [7, 11) is 0. The van der Waals surface area contributed by atoms with Gasteiger partial charge in [0.1, 0.15) is 5.82 Å². The van der Waals surface area contributed by atoms with Gasteiger partial charge in [-0.15, -0.1) is 0 Å². The zero-order valence-corrected chi connectivity index (χ0v) is 14.1. The number of benzene rings is 1. The van der Waals surface area contributed by atoms with E-state index in [4.69, 9.17) is 0 Å². The predicted octanol–water partition coefficient (Wildman–Crippen LogP) is 2.37. The van der Waals surface area contributed by atoms with Gasteiger partial charge in [0, 0.05) is 6.42 Å². The van der Waals surface area contributed by atoms with Crippen LogP contribution >= 0.6 is 0 Å². The van der Waals surface area contributed by atoms with Crippen molar-refractivity contribution in [3.05, 3.63) is 30.1 Å². The Hall–Kier alpha value is -2.41. The molecule has 3 rings (SSSR count). The molecule has 1 heterocycles. The lowest BCUT2D eigenvalue weighted by Gasteiger charge is -2.24. The van der Waals surface area contributed by atoms with Crippen LogP contribution in [0.3, 0.4) is 0 Å². The molecule has 2 aromatic rings. The molecule has 25 heavy (non-hydrogen) atoms. The summed E-state index contributed by atoms with van der Waals surface area (Å²) < 4.78 is 0. The molecule has 134 valence electrons. The quantitative estimate of drug-likeness (QED) is 0.389. The molecule has 1 aromatic carbocycles. The minimum Gasteiger partial charge on any atom is -0.349 e. The number of hydroxylamine groups is 2. The number of nitrogens with zero attached hydrogens (tertiary/aromatic N) is 2. The number of fused-ring (bicyclic) bond motifs is 1. The van der Waals surface area contributed by atoms with E-state index in [9.17, 15) is 14.8 Å². The van der Waals surface area contributed by atoms with Crippen LogP contribution in [0.15, 0.2) is 24.3 Å². The number of para-hydroxylation sites is 2. The first kappa shape index (κ1) is 17.4. The standard InChI is InChI=1S/C18H24N4O3/c23-12-22(25)14(9-13-5-1-2-6-13)10-18(24)19-11-17-20-15-7-3-4-8-16(15)21-17/h3-4,7-8,12-14,25H,1-2,5-6,9-11H2,(H,19,24)(H,20,21). The zero-order chi connectivity index (χ0) is 17.6. The summed E-state index contributed by atoms with van der Waals surface area (Å²) in [4.78, 5) is 30.7. The van der Waals surface area contributed by atoms with E-state index >= 15 is 0 Å². The largest absolute Gasteiger partial charge is 0.349 e. The number of aromatic amines is 1. The normalized spacial score (nSPS) is 16.0. The van der Waals surface area contributed by atoms with Gasteiger partial charge in [-0.2, -0.15) is 0 Å². The molecule has 7 heteroatoms. The molecular weight excluding hydrogens is 320 g/mol. The second-order valence-electron chi connectivity index (χ2n) is 6.71. The number of amides is 2. The fraction of sp³-hybridized carbons (Fsp3) is 0.500. The maximum atomic E-state index is 12.2. The molecule has 0 saturated heterocycles. The average molecular weight is 344 g/mol. The third-order valence-electron chi connectivity index (χ3n) is 4.87. The van der Waals surface area contributed by atoms with Crippen LogP contribution in [-0.2, 0) is 16.1 Å². The third-order valence-corrected chi connectivity index (χ3v) is 4.87. The number of aromatic nitrogens is 2. The van der Waals surface area contributed by atoms with E-state index in [0.29, 0.717) is 29.6 Å². The Morgan fingerprint density at radius 1 is 1.40 bits per heavy atom. The van der Waals surface area contributed by atoms with Crippen LogP contribution in [0.1, 0.15) is 44.3 Å². The molecule has 3 N–H and O–H groups in total. The number of nitrogens with one attached hydrogen (secondary N) is 2. The van der Waals surface area contributed by atoms with Gasteiger partial charge in [0.25, 0.3) is 0 Å². The van der Waals surface area contributed by atoms with Crippen LogP contribution in [-0.4, -0.2) is 38.6 Å². The highest BCUT2D eigenvalue weighted by Gasteiger charge is 2.25. The Bertz CT molecular complexity index is 691. The van der Waals surface area contributed by atoms with Gasteiger partial charge < -0.3 is 10.3 Å². The Labute approximate surface area is 146 Å². The molecule has 1 aliphatic carbocycles. The predicted molar refractivity (Wildman–Crippen MR) is 92.6 cm³/mol. The van der Waals surface area contributed by atoms with Crippen molar-refractivity contribution >= 4 is 23.4 Å². The summed E-state index contributed by atoms with van der Waals surface area (Å²) in [5.74, 6) is 0.949. The van der Waals surface area contributed by atoms with Gasteiger partial charge >= 0.3 is 0 Å². The van der Waals surface area contributed by atoms with Crippen LogP contribution in [0.2, 0.25) is 0 Å². The molecule has 1 atom stereocenters. The molecule has 1 saturated carbocycles. The maximum Gasteiger partial charge on any atom is 0.233 e. The van der Waals surface area contributed by atoms with E-state index in [1.807, 2.05) is 24.3 Å². The molecule has 1 unspecified atom stereocenters. The second-order valence-corrected chi connectivity index (χ2v) is 6.71. The maximum absolute atomic E-state index is 12.2. The van der Waals surface area contributed by atoms with Crippen LogP contribution in [0.25, 0.3) is 11.0 Å². The summed E-state index contributed by atoms with van der Waals surface area (Å²) in [5, 5.41) is 13.2. The topological polar surface area (TPSA) is 98.3 Å². The zero-order valence-electron chi connectivity index (χ0n) is 14.1. The first-order valence-electron chi connectivity index (χ1n) is 8.78. The highest BCUT2D eigenvalue weighted by molar-refractivity contribution is 5.77. The van der Waals surface area contributed by atoms with Crippen LogP contribution in [0, 0.1) is 5.92 Å². The monoisotopic (exact) mass is 344 g/mol. The van der Waals surface area contributed by atoms with Gasteiger partial charge in [-0.3, -0.25) is 14.8 Å². The van der Waals surface area contributed by atoms with Crippen molar-refractivity contribution in [2.45, 2.75) is 51.1 Å². The van der Waals surface area contributed by atoms with Crippen LogP contribution < -0.4 is 5.32 Å². The molecular formula is C18H24N4O3. The first-order valence-corrected chi connectivity index (χ1v) is 8.78. The van der Waals surface area contributed by atoms with Crippen molar-refractivity contribution in [3.8, 4) is 0 Å². The molecule has 0 aliphatic heterocycles. The molecule has 0 radical (unpaired) electrons. The molecule has 1 fully saturated rings.